The van der Waals surface area contributed by atoms with Crippen molar-refractivity contribution in [3.05, 3.63) is 0 Å². The smallest absolute Gasteiger partial charge is 0.105 e. The van der Waals surface area contributed by atoms with Crippen molar-refractivity contribution in [2.24, 2.45) is 5.41 Å². The van der Waals surface area contributed by atoms with E-state index in [1.54, 1.807) is 0 Å². The summed E-state index contributed by atoms with van der Waals surface area (Å²) in [5.41, 5.74) is 0.505. The van der Waals surface area contributed by atoms with Crippen molar-refractivity contribution in [3.8, 4) is 0 Å². The van der Waals surface area contributed by atoms with Gasteiger partial charge in [-0.15, -0.1) is 0 Å². The molecule has 1 atom stereocenters. The van der Waals surface area contributed by atoms with Gasteiger partial charge in [-0.2, -0.15) is 0 Å². The fraction of sp³-hybridized carbons (Fsp3) is 1.00. The maximum absolute atomic E-state index is 5.66. The largest absolute Gasteiger partial charge is 0.363 e. The van der Waals surface area contributed by atoms with Crippen LogP contribution in [0.25, 0.3) is 0 Å². The van der Waals surface area contributed by atoms with Crippen LogP contribution in [0.1, 0.15) is 39.0 Å². The van der Waals surface area contributed by atoms with Crippen molar-refractivity contribution in [2.75, 3.05) is 13.2 Å². The molecule has 0 aromatic heterocycles. The third kappa shape index (κ3) is 1.64. The molecular weight excluding hydrogens is 150 g/mol. The summed E-state index contributed by atoms with van der Waals surface area (Å²) in [6, 6.07) is 0. The van der Waals surface area contributed by atoms with E-state index < -0.39 is 0 Å². The molecule has 1 saturated carbocycles. The highest BCUT2D eigenvalue weighted by atomic mass is 16.5. The second-order valence-electron chi connectivity index (χ2n) is 4.39. The van der Waals surface area contributed by atoms with Crippen molar-refractivity contribution in [3.63, 3.8) is 0 Å². The topological polar surface area (TPSA) is 21.3 Å². The fourth-order valence-corrected chi connectivity index (χ4v) is 2.39. The summed E-state index contributed by atoms with van der Waals surface area (Å²) < 4.78 is 5.66. The Hall–Kier alpha value is -0.0800. The molecule has 0 aromatic carbocycles. The summed E-state index contributed by atoms with van der Waals surface area (Å²) in [6.07, 6.45) is 7.24. The van der Waals surface area contributed by atoms with Gasteiger partial charge in [-0.1, -0.05) is 19.3 Å². The Bertz CT molecular complexity index is 142. The van der Waals surface area contributed by atoms with Crippen LogP contribution >= 0.6 is 0 Å². The van der Waals surface area contributed by atoms with Gasteiger partial charge in [0.05, 0.1) is 6.61 Å². The van der Waals surface area contributed by atoms with E-state index in [1.165, 1.54) is 38.6 Å². The van der Waals surface area contributed by atoms with Gasteiger partial charge in [0, 0.05) is 12.0 Å². The molecule has 0 amide bonds. The van der Waals surface area contributed by atoms with Crippen LogP contribution in [-0.2, 0) is 4.74 Å². The average molecular weight is 169 g/mol. The Morgan fingerprint density at radius 1 is 1.25 bits per heavy atom. The van der Waals surface area contributed by atoms with Crippen molar-refractivity contribution in [1.82, 2.24) is 5.32 Å². The van der Waals surface area contributed by atoms with Crippen molar-refractivity contribution in [1.29, 1.82) is 0 Å². The molecule has 2 heteroatoms. The minimum atomic E-state index is 0.276. The molecule has 2 nitrogen and oxygen atoms in total. The highest BCUT2D eigenvalue weighted by molar-refractivity contribution is 4.87. The normalized spacial score (nSPS) is 35.2. The molecule has 1 saturated heterocycles. The second kappa shape index (κ2) is 3.35. The first-order valence-corrected chi connectivity index (χ1v) is 5.16. The first-order chi connectivity index (χ1) is 5.81. The standard InChI is InChI=1S/C10H19NO/c1-9-11-7-10(8-12-9)5-3-2-4-6-10/h9,11H,2-8H2,1H3. The van der Waals surface area contributed by atoms with E-state index in [0.717, 1.165) is 6.61 Å². The molecule has 1 heterocycles. The molecule has 70 valence electrons. The lowest BCUT2D eigenvalue weighted by Gasteiger charge is -2.42. The molecule has 2 aliphatic rings. The van der Waals surface area contributed by atoms with E-state index in [9.17, 15) is 0 Å². The zero-order chi connectivity index (χ0) is 8.44. The summed E-state index contributed by atoms with van der Waals surface area (Å²) in [4.78, 5) is 0. The molecule has 1 unspecified atom stereocenters. The van der Waals surface area contributed by atoms with E-state index in [1.807, 2.05) is 0 Å². The van der Waals surface area contributed by atoms with Gasteiger partial charge in [-0.3, -0.25) is 5.32 Å². The Balaban J connectivity index is 1.92. The number of nitrogens with one attached hydrogen (secondary N) is 1. The minimum Gasteiger partial charge on any atom is -0.363 e. The van der Waals surface area contributed by atoms with Crippen LogP contribution in [0.3, 0.4) is 0 Å². The van der Waals surface area contributed by atoms with E-state index in [0.29, 0.717) is 5.41 Å². The van der Waals surface area contributed by atoms with Crippen molar-refractivity contribution in [2.45, 2.75) is 45.3 Å². The van der Waals surface area contributed by atoms with Crippen molar-refractivity contribution >= 4 is 0 Å². The molecule has 1 aliphatic carbocycles. The molecular formula is C10H19NO. The molecule has 2 rings (SSSR count). The first kappa shape index (κ1) is 8.52. The molecule has 12 heavy (non-hydrogen) atoms. The molecule has 1 spiro atoms. The summed E-state index contributed by atoms with van der Waals surface area (Å²) in [5, 5.41) is 3.42. The monoisotopic (exact) mass is 169 g/mol. The van der Waals surface area contributed by atoms with E-state index in [2.05, 4.69) is 12.2 Å². The summed E-state index contributed by atoms with van der Waals surface area (Å²) in [5.74, 6) is 0. The van der Waals surface area contributed by atoms with Crippen LogP contribution < -0.4 is 5.32 Å². The highest BCUT2D eigenvalue weighted by Crippen LogP contribution is 2.37. The lowest BCUT2D eigenvalue weighted by molar-refractivity contribution is -0.0753. The molecule has 1 aliphatic heterocycles. The van der Waals surface area contributed by atoms with Gasteiger partial charge < -0.3 is 4.74 Å². The van der Waals surface area contributed by atoms with Crippen LogP contribution in [0.15, 0.2) is 0 Å². The van der Waals surface area contributed by atoms with Gasteiger partial charge in [0.2, 0.25) is 0 Å². The predicted molar refractivity (Wildman–Crippen MR) is 48.9 cm³/mol. The number of ether oxygens (including phenoxy) is 1. The SMILES string of the molecule is CC1NCC2(CCCCC2)CO1. The summed E-state index contributed by atoms with van der Waals surface area (Å²) in [6.45, 7) is 4.25. The Kier molecular flexibility index (Phi) is 2.37. The Morgan fingerprint density at radius 3 is 2.58 bits per heavy atom. The van der Waals surface area contributed by atoms with E-state index in [4.69, 9.17) is 4.74 Å². The second-order valence-corrected chi connectivity index (χ2v) is 4.39. The minimum absolute atomic E-state index is 0.276. The number of hydrogen-bond donors (Lipinski definition) is 1. The number of hydrogen-bond acceptors (Lipinski definition) is 2. The van der Waals surface area contributed by atoms with Gasteiger partial charge in [-0.25, -0.2) is 0 Å². The third-order valence-corrected chi connectivity index (χ3v) is 3.32. The van der Waals surface area contributed by atoms with Gasteiger partial charge in [0.1, 0.15) is 6.23 Å². The van der Waals surface area contributed by atoms with Gasteiger partial charge in [-0.05, 0) is 19.8 Å². The summed E-state index contributed by atoms with van der Waals surface area (Å²) >= 11 is 0. The highest BCUT2D eigenvalue weighted by Gasteiger charge is 2.35. The first-order valence-electron chi connectivity index (χ1n) is 5.16. The van der Waals surface area contributed by atoms with Crippen LogP contribution in [0.4, 0.5) is 0 Å². The van der Waals surface area contributed by atoms with Crippen LogP contribution in [-0.4, -0.2) is 19.4 Å². The van der Waals surface area contributed by atoms with E-state index in [-0.39, 0.29) is 6.23 Å². The zero-order valence-corrected chi connectivity index (χ0v) is 7.94. The van der Waals surface area contributed by atoms with Crippen LogP contribution in [0.5, 0.6) is 0 Å². The quantitative estimate of drug-likeness (QED) is 0.598. The lowest BCUT2D eigenvalue weighted by Crippen LogP contribution is -2.49. The molecule has 1 N–H and O–H groups in total. The van der Waals surface area contributed by atoms with Gasteiger partial charge in [0.25, 0.3) is 0 Å². The van der Waals surface area contributed by atoms with E-state index >= 15 is 0 Å². The average Bonchev–Trinajstić information content (AvgIpc) is 2.13. The molecule has 2 fully saturated rings. The van der Waals surface area contributed by atoms with Crippen molar-refractivity contribution < 1.29 is 4.74 Å². The molecule has 0 bridgehead atoms. The van der Waals surface area contributed by atoms with Crippen LogP contribution in [0.2, 0.25) is 0 Å². The predicted octanol–water partition coefficient (Wildman–Crippen LogP) is 1.90. The van der Waals surface area contributed by atoms with Gasteiger partial charge in [0.15, 0.2) is 0 Å². The Morgan fingerprint density at radius 2 is 2.00 bits per heavy atom. The maximum Gasteiger partial charge on any atom is 0.105 e. The van der Waals surface area contributed by atoms with Gasteiger partial charge >= 0.3 is 0 Å². The molecule has 0 aromatic rings. The third-order valence-electron chi connectivity index (χ3n) is 3.32. The number of rotatable bonds is 0. The van der Waals surface area contributed by atoms with Crippen LogP contribution in [0, 0.1) is 5.41 Å². The fourth-order valence-electron chi connectivity index (χ4n) is 2.39. The summed E-state index contributed by atoms with van der Waals surface area (Å²) in [7, 11) is 0. The Labute approximate surface area is 74.7 Å². The zero-order valence-electron chi connectivity index (χ0n) is 7.94. The molecule has 0 radical (unpaired) electrons. The lowest BCUT2D eigenvalue weighted by atomic mass is 9.74. The maximum atomic E-state index is 5.66.